The van der Waals surface area contributed by atoms with Gasteiger partial charge in [-0.3, -0.25) is 9.69 Å². The molecule has 24 heavy (non-hydrogen) atoms. The molecule has 4 nitrogen and oxygen atoms in total. The number of rotatable bonds is 4. The number of aromatic nitrogens is 1. The largest absolute Gasteiger partial charge is 0.336 e. The smallest absolute Gasteiger partial charge is 0.254 e. The van der Waals surface area contributed by atoms with Crippen molar-refractivity contribution >= 4 is 17.2 Å². The summed E-state index contributed by atoms with van der Waals surface area (Å²) in [5.41, 5.74) is 1.69. The Hall–Kier alpha value is -1.79. The fraction of sp³-hybridized carbons (Fsp3) is 0.444. The topological polar surface area (TPSA) is 36.4 Å². The van der Waals surface area contributed by atoms with Gasteiger partial charge in [0.15, 0.2) is 0 Å². The number of thiazole rings is 1. The zero-order valence-corrected chi connectivity index (χ0v) is 14.3. The number of amides is 1. The molecule has 0 spiro atoms. The lowest BCUT2D eigenvalue weighted by atomic mass is 10.1. The van der Waals surface area contributed by atoms with Gasteiger partial charge in [0, 0.05) is 43.0 Å². The van der Waals surface area contributed by atoms with E-state index in [4.69, 9.17) is 4.98 Å². The lowest BCUT2D eigenvalue weighted by Gasteiger charge is -2.34. The highest BCUT2D eigenvalue weighted by Gasteiger charge is 2.27. The third kappa shape index (κ3) is 3.49. The Morgan fingerprint density at radius 3 is 2.75 bits per heavy atom. The van der Waals surface area contributed by atoms with Crippen molar-refractivity contribution in [2.75, 3.05) is 26.2 Å². The minimum atomic E-state index is -0.366. The van der Waals surface area contributed by atoms with Gasteiger partial charge < -0.3 is 4.90 Å². The Morgan fingerprint density at radius 2 is 2.04 bits per heavy atom. The quantitative estimate of drug-likeness (QED) is 0.854. The summed E-state index contributed by atoms with van der Waals surface area (Å²) in [5.74, 6) is 0.255. The molecule has 6 heteroatoms. The van der Waals surface area contributed by atoms with Crippen LogP contribution in [-0.2, 0) is 6.54 Å². The Labute approximate surface area is 144 Å². The van der Waals surface area contributed by atoms with Crippen LogP contribution in [0.1, 0.15) is 39.8 Å². The lowest BCUT2D eigenvalue weighted by Crippen LogP contribution is -2.48. The molecule has 1 saturated carbocycles. The summed E-state index contributed by atoms with van der Waals surface area (Å²) in [6, 6.07) is 5.92. The summed E-state index contributed by atoms with van der Waals surface area (Å²) in [6.07, 6.45) is 2.56. The summed E-state index contributed by atoms with van der Waals surface area (Å²) in [5, 5.41) is 3.36. The number of hydrogen-bond acceptors (Lipinski definition) is 4. The highest BCUT2D eigenvalue weighted by molar-refractivity contribution is 7.09. The third-order valence-electron chi connectivity index (χ3n) is 4.66. The van der Waals surface area contributed by atoms with Gasteiger partial charge in [-0.2, -0.15) is 0 Å². The molecule has 1 aliphatic carbocycles. The van der Waals surface area contributed by atoms with Crippen LogP contribution in [0.3, 0.4) is 0 Å². The Kier molecular flexibility index (Phi) is 4.33. The number of carbonyl (C=O) groups excluding carboxylic acids is 1. The van der Waals surface area contributed by atoms with Gasteiger partial charge >= 0.3 is 0 Å². The third-order valence-corrected chi connectivity index (χ3v) is 5.51. The number of piperazine rings is 1. The van der Waals surface area contributed by atoms with Crippen LogP contribution >= 0.6 is 11.3 Å². The van der Waals surface area contributed by atoms with E-state index in [0.29, 0.717) is 24.6 Å². The first-order valence-corrected chi connectivity index (χ1v) is 9.28. The zero-order chi connectivity index (χ0) is 16.5. The van der Waals surface area contributed by atoms with Crippen molar-refractivity contribution < 1.29 is 9.18 Å². The molecule has 1 aromatic heterocycles. The van der Waals surface area contributed by atoms with Gasteiger partial charge in [-0.05, 0) is 31.0 Å². The fourth-order valence-electron chi connectivity index (χ4n) is 3.07. The Balaban J connectivity index is 1.31. The first-order valence-electron chi connectivity index (χ1n) is 8.40. The van der Waals surface area contributed by atoms with Crippen molar-refractivity contribution in [3.05, 3.63) is 51.7 Å². The SMILES string of the molecule is O=C(c1cccc(F)c1)N1CCN(Cc2nc(C3CC3)cs2)CC1. The van der Waals surface area contributed by atoms with Crippen LogP contribution in [0.2, 0.25) is 0 Å². The number of benzene rings is 1. The van der Waals surface area contributed by atoms with Gasteiger partial charge in [-0.1, -0.05) is 6.07 Å². The van der Waals surface area contributed by atoms with Crippen LogP contribution < -0.4 is 0 Å². The summed E-state index contributed by atoms with van der Waals surface area (Å²) in [7, 11) is 0. The van der Waals surface area contributed by atoms with Crippen LogP contribution in [0.25, 0.3) is 0 Å². The van der Waals surface area contributed by atoms with E-state index in [0.717, 1.165) is 19.6 Å². The van der Waals surface area contributed by atoms with Gasteiger partial charge in [-0.25, -0.2) is 9.37 Å². The lowest BCUT2D eigenvalue weighted by molar-refractivity contribution is 0.0628. The number of nitrogens with zero attached hydrogens (tertiary/aromatic N) is 3. The predicted octanol–water partition coefficient (Wildman–Crippen LogP) is 3.12. The molecule has 1 amide bonds. The summed E-state index contributed by atoms with van der Waals surface area (Å²) >= 11 is 1.74. The van der Waals surface area contributed by atoms with E-state index in [1.165, 1.54) is 35.7 Å². The van der Waals surface area contributed by atoms with Crippen molar-refractivity contribution in [1.82, 2.24) is 14.8 Å². The first-order chi connectivity index (χ1) is 11.7. The average molecular weight is 345 g/mol. The van der Waals surface area contributed by atoms with E-state index in [-0.39, 0.29) is 11.7 Å². The molecule has 1 aromatic carbocycles. The summed E-state index contributed by atoms with van der Waals surface area (Å²) < 4.78 is 13.3. The second-order valence-electron chi connectivity index (χ2n) is 6.52. The van der Waals surface area contributed by atoms with Crippen LogP contribution in [0.15, 0.2) is 29.6 Å². The molecule has 0 radical (unpaired) electrons. The van der Waals surface area contributed by atoms with Gasteiger partial charge in [0.2, 0.25) is 0 Å². The molecule has 2 aromatic rings. The van der Waals surface area contributed by atoms with E-state index < -0.39 is 0 Å². The van der Waals surface area contributed by atoms with E-state index in [9.17, 15) is 9.18 Å². The van der Waals surface area contributed by atoms with Crippen molar-refractivity contribution in [3.63, 3.8) is 0 Å². The molecular formula is C18H20FN3OS. The molecule has 2 fully saturated rings. The maximum absolute atomic E-state index is 13.3. The molecule has 126 valence electrons. The molecule has 1 aliphatic heterocycles. The van der Waals surface area contributed by atoms with Crippen molar-refractivity contribution in [2.24, 2.45) is 0 Å². The second kappa shape index (κ2) is 6.61. The van der Waals surface area contributed by atoms with Crippen LogP contribution in [0.4, 0.5) is 4.39 Å². The van der Waals surface area contributed by atoms with Crippen molar-refractivity contribution in [3.8, 4) is 0 Å². The normalized spacial score (nSPS) is 18.8. The maximum atomic E-state index is 13.3. The highest BCUT2D eigenvalue weighted by Crippen LogP contribution is 2.40. The number of hydrogen-bond donors (Lipinski definition) is 0. The fourth-order valence-corrected chi connectivity index (χ4v) is 3.99. The minimum Gasteiger partial charge on any atom is -0.336 e. The molecule has 0 unspecified atom stereocenters. The zero-order valence-electron chi connectivity index (χ0n) is 13.4. The second-order valence-corrected chi connectivity index (χ2v) is 7.46. The van der Waals surface area contributed by atoms with Crippen LogP contribution in [0, 0.1) is 5.82 Å². The van der Waals surface area contributed by atoms with Gasteiger partial charge in [0.25, 0.3) is 5.91 Å². The minimum absolute atomic E-state index is 0.0839. The molecule has 1 saturated heterocycles. The van der Waals surface area contributed by atoms with Crippen molar-refractivity contribution in [2.45, 2.75) is 25.3 Å². The number of carbonyl (C=O) groups is 1. The molecular weight excluding hydrogens is 325 g/mol. The maximum Gasteiger partial charge on any atom is 0.254 e. The van der Waals surface area contributed by atoms with E-state index in [2.05, 4.69) is 10.3 Å². The molecule has 0 atom stereocenters. The summed E-state index contributed by atoms with van der Waals surface area (Å²) in [4.78, 5) is 21.3. The Bertz CT molecular complexity index is 735. The molecule has 0 N–H and O–H groups in total. The molecule has 2 aliphatic rings. The van der Waals surface area contributed by atoms with Gasteiger partial charge in [-0.15, -0.1) is 11.3 Å². The molecule has 2 heterocycles. The van der Waals surface area contributed by atoms with Gasteiger partial charge in [0.1, 0.15) is 10.8 Å². The summed E-state index contributed by atoms with van der Waals surface area (Å²) in [6.45, 7) is 3.88. The van der Waals surface area contributed by atoms with Crippen molar-refractivity contribution in [1.29, 1.82) is 0 Å². The Morgan fingerprint density at radius 1 is 1.25 bits per heavy atom. The van der Waals surface area contributed by atoms with E-state index in [1.54, 1.807) is 23.5 Å². The van der Waals surface area contributed by atoms with Crippen LogP contribution in [0.5, 0.6) is 0 Å². The van der Waals surface area contributed by atoms with E-state index in [1.807, 2.05) is 4.90 Å². The standard InChI is InChI=1S/C18H20FN3OS/c19-15-3-1-2-14(10-15)18(23)22-8-6-21(7-9-22)11-17-20-16(12-24-17)13-4-5-13/h1-3,10,12-13H,4-9,11H2. The van der Waals surface area contributed by atoms with E-state index >= 15 is 0 Å². The highest BCUT2D eigenvalue weighted by atomic mass is 32.1. The molecule has 0 bridgehead atoms. The first kappa shape index (κ1) is 15.7. The number of halogens is 1. The monoisotopic (exact) mass is 345 g/mol. The predicted molar refractivity (Wildman–Crippen MR) is 91.7 cm³/mol. The molecule has 4 rings (SSSR count). The van der Waals surface area contributed by atoms with Gasteiger partial charge in [0.05, 0.1) is 12.2 Å². The van der Waals surface area contributed by atoms with Crippen LogP contribution in [-0.4, -0.2) is 46.9 Å². The average Bonchev–Trinajstić information content (AvgIpc) is 3.35.